The number of likely N-dealkylation sites (tertiary alicyclic amines) is 1. The zero-order valence-corrected chi connectivity index (χ0v) is 14.0. The summed E-state index contributed by atoms with van der Waals surface area (Å²) in [6.45, 7) is 6.97. The summed E-state index contributed by atoms with van der Waals surface area (Å²) in [7, 11) is 0. The smallest absolute Gasteiger partial charge is 0.312 e. The molecule has 126 valence electrons. The molecule has 1 heterocycles. The Bertz CT molecular complexity index is 560. The molecule has 1 aromatic carbocycles. The van der Waals surface area contributed by atoms with Crippen LogP contribution in [0, 0.1) is 13.8 Å². The van der Waals surface area contributed by atoms with Crippen LogP contribution in [0.3, 0.4) is 0 Å². The van der Waals surface area contributed by atoms with Gasteiger partial charge in [0.2, 0.25) is 5.91 Å². The van der Waals surface area contributed by atoms with Crippen LogP contribution in [0.5, 0.6) is 5.75 Å². The van der Waals surface area contributed by atoms with Gasteiger partial charge in [0, 0.05) is 25.9 Å². The van der Waals surface area contributed by atoms with E-state index in [1.54, 1.807) is 11.8 Å². The first-order valence-electron chi connectivity index (χ1n) is 7.96. The number of ether oxygens (including phenoxy) is 1. The minimum absolute atomic E-state index is 0.102. The van der Waals surface area contributed by atoms with Gasteiger partial charge in [-0.25, -0.2) is 4.79 Å². The van der Waals surface area contributed by atoms with E-state index < -0.39 is 12.1 Å². The van der Waals surface area contributed by atoms with Gasteiger partial charge in [0.05, 0.1) is 0 Å². The number of primary amides is 1. The summed E-state index contributed by atoms with van der Waals surface area (Å²) >= 11 is 0. The summed E-state index contributed by atoms with van der Waals surface area (Å²) in [5, 5.41) is 2.42. The molecule has 1 fully saturated rings. The molecule has 2 rings (SSSR count). The van der Waals surface area contributed by atoms with Gasteiger partial charge in [0.15, 0.2) is 0 Å². The lowest BCUT2D eigenvalue weighted by atomic mass is 10.1. The highest BCUT2D eigenvalue weighted by Crippen LogP contribution is 2.26. The standard InChI is InChI=1S/C17H25N3O3/c1-11-5-4-6-12(2)15(11)23-14-7-9-20(10-8-14)16(21)13(3)19-17(18)22/h4-6,13-14H,7-10H2,1-3H3,(H3,18,19,22). The van der Waals surface area contributed by atoms with Crippen molar-refractivity contribution in [3.63, 3.8) is 0 Å². The summed E-state index contributed by atoms with van der Waals surface area (Å²) in [6, 6.07) is 4.82. The van der Waals surface area contributed by atoms with Crippen LogP contribution in [0.4, 0.5) is 4.79 Å². The molecule has 1 aliphatic rings. The van der Waals surface area contributed by atoms with Crippen molar-refractivity contribution in [2.45, 2.75) is 45.8 Å². The lowest BCUT2D eigenvalue weighted by Gasteiger charge is -2.34. The topological polar surface area (TPSA) is 84.7 Å². The van der Waals surface area contributed by atoms with Crippen LogP contribution in [0.2, 0.25) is 0 Å². The van der Waals surface area contributed by atoms with Crippen LogP contribution in [0.1, 0.15) is 30.9 Å². The molecule has 0 radical (unpaired) electrons. The molecule has 0 aromatic heterocycles. The Morgan fingerprint density at radius 1 is 1.26 bits per heavy atom. The van der Waals surface area contributed by atoms with Gasteiger partial charge in [-0.1, -0.05) is 18.2 Å². The second kappa shape index (κ2) is 7.35. The van der Waals surface area contributed by atoms with Crippen LogP contribution in [0.15, 0.2) is 18.2 Å². The number of carbonyl (C=O) groups excluding carboxylic acids is 2. The largest absolute Gasteiger partial charge is 0.490 e. The van der Waals surface area contributed by atoms with E-state index >= 15 is 0 Å². The normalized spacial score (nSPS) is 16.7. The van der Waals surface area contributed by atoms with Gasteiger partial charge in [0.25, 0.3) is 0 Å². The number of hydrogen-bond acceptors (Lipinski definition) is 3. The number of nitrogens with one attached hydrogen (secondary N) is 1. The van der Waals surface area contributed by atoms with Crippen LogP contribution >= 0.6 is 0 Å². The summed E-state index contributed by atoms with van der Waals surface area (Å²) in [5.41, 5.74) is 7.31. The predicted molar refractivity (Wildman–Crippen MR) is 88.3 cm³/mol. The zero-order valence-electron chi connectivity index (χ0n) is 14.0. The van der Waals surface area contributed by atoms with Crippen molar-refractivity contribution < 1.29 is 14.3 Å². The van der Waals surface area contributed by atoms with E-state index in [4.69, 9.17) is 10.5 Å². The monoisotopic (exact) mass is 319 g/mol. The summed E-state index contributed by atoms with van der Waals surface area (Å²) < 4.78 is 6.14. The molecule has 0 aliphatic carbocycles. The maximum Gasteiger partial charge on any atom is 0.312 e. The number of piperidine rings is 1. The third kappa shape index (κ3) is 4.37. The van der Waals surface area contributed by atoms with E-state index in [0.717, 1.165) is 29.7 Å². The van der Waals surface area contributed by atoms with E-state index in [2.05, 4.69) is 5.32 Å². The zero-order chi connectivity index (χ0) is 17.0. The van der Waals surface area contributed by atoms with Gasteiger partial charge in [-0.05, 0) is 31.9 Å². The Labute approximate surface area is 137 Å². The molecule has 6 heteroatoms. The van der Waals surface area contributed by atoms with Crippen molar-refractivity contribution in [2.75, 3.05) is 13.1 Å². The molecule has 6 nitrogen and oxygen atoms in total. The van der Waals surface area contributed by atoms with E-state index in [0.29, 0.717) is 13.1 Å². The van der Waals surface area contributed by atoms with Gasteiger partial charge in [-0.2, -0.15) is 0 Å². The van der Waals surface area contributed by atoms with E-state index in [1.807, 2.05) is 32.0 Å². The predicted octanol–water partition coefficient (Wildman–Crippen LogP) is 1.73. The number of aryl methyl sites for hydroxylation is 2. The molecule has 0 bridgehead atoms. The second-order valence-corrected chi connectivity index (χ2v) is 6.09. The van der Waals surface area contributed by atoms with Gasteiger partial charge < -0.3 is 20.7 Å². The highest BCUT2D eigenvalue weighted by molar-refractivity contribution is 5.86. The Balaban J connectivity index is 1.89. The quantitative estimate of drug-likeness (QED) is 0.886. The molecular formula is C17H25N3O3. The van der Waals surface area contributed by atoms with E-state index in [9.17, 15) is 9.59 Å². The lowest BCUT2D eigenvalue weighted by Crippen LogP contribution is -2.51. The first-order valence-corrected chi connectivity index (χ1v) is 7.96. The minimum atomic E-state index is -0.681. The van der Waals surface area contributed by atoms with E-state index in [1.165, 1.54) is 0 Å². The molecule has 1 aliphatic heterocycles. The Hall–Kier alpha value is -2.24. The summed E-state index contributed by atoms with van der Waals surface area (Å²) in [4.78, 5) is 24.8. The fourth-order valence-corrected chi connectivity index (χ4v) is 2.89. The number of carbonyl (C=O) groups is 2. The van der Waals surface area contributed by atoms with Crippen LogP contribution in [-0.2, 0) is 4.79 Å². The Morgan fingerprint density at radius 2 is 1.83 bits per heavy atom. The fourth-order valence-electron chi connectivity index (χ4n) is 2.89. The number of para-hydroxylation sites is 1. The third-order valence-electron chi connectivity index (χ3n) is 4.18. The van der Waals surface area contributed by atoms with Crippen molar-refractivity contribution in [1.82, 2.24) is 10.2 Å². The number of benzene rings is 1. The van der Waals surface area contributed by atoms with Gasteiger partial charge in [0.1, 0.15) is 17.9 Å². The second-order valence-electron chi connectivity index (χ2n) is 6.09. The molecule has 3 N–H and O–H groups in total. The van der Waals surface area contributed by atoms with Crippen LogP contribution in [-0.4, -0.2) is 42.1 Å². The summed E-state index contributed by atoms with van der Waals surface area (Å²) in [6.07, 6.45) is 1.67. The van der Waals surface area contributed by atoms with Crippen molar-refractivity contribution in [1.29, 1.82) is 0 Å². The fraction of sp³-hybridized carbons (Fsp3) is 0.529. The number of amides is 3. The molecular weight excluding hydrogens is 294 g/mol. The third-order valence-corrected chi connectivity index (χ3v) is 4.18. The lowest BCUT2D eigenvalue weighted by molar-refractivity contribution is -0.134. The maximum atomic E-state index is 12.2. The van der Waals surface area contributed by atoms with Crippen molar-refractivity contribution in [3.05, 3.63) is 29.3 Å². The molecule has 3 amide bonds. The average molecular weight is 319 g/mol. The van der Waals surface area contributed by atoms with Crippen LogP contribution in [0.25, 0.3) is 0 Å². The number of rotatable bonds is 4. The molecule has 0 saturated carbocycles. The summed E-state index contributed by atoms with van der Waals surface area (Å²) in [5.74, 6) is 0.843. The molecule has 1 unspecified atom stereocenters. The number of hydrogen-bond donors (Lipinski definition) is 2. The molecule has 1 saturated heterocycles. The first kappa shape index (κ1) is 17.1. The number of urea groups is 1. The highest BCUT2D eigenvalue weighted by atomic mass is 16.5. The van der Waals surface area contributed by atoms with E-state index in [-0.39, 0.29) is 12.0 Å². The van der Waals surface area contributed by atoms with Gasteiger partial charge in [-0.3, -0.25) is 4.79 Å². The van der Waals surface area contributed by atoms with Crippen molar-refractivity contribution >= 4 is 11.9 Å². The maximum absolute atomic E-state index is 12.2. The minimum Gasteiger partial charge on any atom is -0.490 e. The first-order chi connectivity index (χ1) is 10.9. The van der Waals surface area contributed by atoms with Crippen LogP contribution < -0.4 is 15.8 Å². The highest BCUT2D eigenvalue weighted by Gasteiger charge is 2.27. The van der Waals surface area contributed by atoms with Gasteiger partial charge in [-0.15, -0.1) is 0 Å². The van der Waals surface area contributed by atoms with Gasteiger partial charge >= 0.3 is 6.03 Å². The molecule has 0 spiro atoms. The Kier molecular flexibility index (Phi) is 5.47. The van der Waals surface area contributed by atoms with Crippen molar-refractivity contribution in [2.24, 2.45) is 5.73 Å². The number of nitrogens with two attached hydrogens (primary N) is 1. The molecule has 1 atom stereocenters. The average Bonchev–Trinajstić information content (AvgIpc) is 2.50. The molecule has 1 aromatic rings. The molecule has 23 heavy (non-hydrogen) atoms. The number of nitrogens with zero attached hydrogens (tertiary/aromatic N) is 1. The Morgan fingerprint density at radius 3 is 2.35 bits per heavy atom. The van der Waals surface area contributed by atoms with Crippen molar-refractivity contribution in [3.8, 4) is 5.75 Å². The SMILES string of the molecule is Cc1cccc(C)c1OC1CCN(C(=O)C(C)NC(N)=O)CC1.